The Bertz CT molecular complexity index is 1240. The van der Waals surface area contributed by atoms with Crippen molar-refractivity contribution in [1.82, 2.24) is 9.38 Å². The van der Waals surface area contributed by atoms with Gasteiger partial charge in [-0.05, 0) is 31.2 Å². The summed E-state index contributed by atoms with van der Waals surface area (Å²) in [6.07, 6.45) is 6.44. The van der Waals surface area contributed by atoms with E-state index < -0.39 is 0 Å². The van der Waals surface area contributed by atoms with Crippen LogP contribution in [0.15, 0.2) is 41.9 Å². The second-order valence-electron chi connectivity index (χ2n) is 7.12. The molecule has 3 heterocycles. The number of rotatable bonds is 4. The van der Waals surface area contributed by atoms with Crippen molar-refractivity contribution in [2.75, 3.05) is 5.32 Å². The van der Waals surface area contributed by atoms with Gasteiger partial charge in [0.1, 0.15) is 11.1 Å². The average Bonchev–Trinajstić information content (AvgIpc) is 3.42. The van der Waals surface area contributed by atoms with Crippen molar-refractivity contribution < 1.29 is 4.79 Å². The summed E-state index contributed by atoms with van der Waals surface area (Å²) in [7, 11) is 0. The second-order valence-corrected chi connectivity index (χ2v) is 9.07. The van der Waals surface area contributed by atoms with Crippen LogP contribution in [0.4, 0.5) is 5.00 Å². The molecule has 7 heteroatoms. The summed E-state index contributed by atoms with van der Waals surface area (Å²) in [5, 5.41) is 15.2. The lowest BCUT2D eigenvalue weighted by Gasteiger charge is -2.09. The van der Waals surface area contributed by atoms with Crippen molar-refractivity contribution >= 4 is 38.5 Å². The zero-order valence-corrected chi connectivity index (χ0v) is 17.3. The fraction of sp³-hybridized carbons (Fsp3) is 0.227. The third-order valence-electron chi connectivity index (χ3n) is 5.23. The molecule has 5 nitrogen and oxygen atoms in total. The van der Waals surface area contributed by atoms with Crippen LogP contribution in [0.3, 0.4) is 0 Å². The molecule has 0 spiro atoms. The zero-order chi connectivity index (χ0) is 19.8. The Labute approximate surface area is 176 Å². The van der Waals surface area contributed by atoms with Gasteiger partial charge in [0.05, 0.1) is 17.7 Å². The van der Waals surface area contributed by atoms with Crippen LogP contribution in [0.2, 0.25) is 0 Å². The van der Waals surface area contributed by atoms with E-state index in [2.05, 4.69) is 16.4 Å². The molecule has 3 aromatic heterocycles. The molecule has 0 unspecified atom stereocenters. The van der Waals surface area contributed by atoms with Crippen LogP contribution in [0.25, 0.3) is 16.2 Å². The third-order valence-corrected chi connectivity index (χ3v) is 7.33. The quantitative estimate of drug-likeness (QED) is 0.504. The Morgan fingerprint density at radius 3 is 2.90 bits per heavy atom. The van der Waals surface area contributed by atoms with Crippen molar-refractivity contribution in [3.63, 3.8) is 0 Å². The first-order valence-corrected chi connectivity index (χ1v) is 11.3. The summed E-state index contributed by atoms with van der Waals surface area (Å²) < 4.78 is 1.98. The van der Waals surface area contributed by atoms with Gasteiger partial charge >= 0.3 is 0 Å². The van der Waals surface area contributed by atoms with Gasteiger partial charge < -0.3 is 5.32 Å². The molecule has 1 N–H and O–H groups in total. The molecule has 0 saturated carbocycles. The van der Waals surface area contributed by atoms with Gasteiger partial charge in [0.2, 0.25) is 5.91 Å². The fourth-order valence-corrected chi connectivity index (χ4v) is 5.94. The van der Waals surface area contributed by atoms with Crippen LogP contribution >= 0.6 is 22.7 Å². The molecule has 0 fully saturated rings. The van der Waals surface area contributed by atoms with Gasteiger partial charge in [-0.1, -0.05) is 30.3 Å². The minimum Gasteiger partial charge on any atom is -0.316 e. The van der Waals surface area contributed by atoms with Crippen molar-refractivity contribution in [3.8, 4) is 17.3 Å². The maximum Gasteiger partial charge on any atom is 0.230 e. The van der Waals surface area contributed by atoms with Crippen LogP contribution < -0.4 is 5.32 Å². The van der Waals surface area contributed by atoms with Crippen molar-refractivity contribution in [2.45, 2.75) is 32.1 Å². The van der Waals surface area contributed by atoms with Gasteiger partial charge in [0.15, 0.2) is 4.96 Å². The van der Waals surface area contributed by atoms with Crippen molar-refractivity contribution in [1.29, 1.82) is 5.26 Å². The van der Waals surface area contributed by atoms with E-state index in [-0.39, 0.29) is 12.3 Å². The molecule has 0 aliphatic heterocycles. The highest BCUT2D eigenvalue weighted by atomic mass is 32.1. The lowest BCUT2D eigenvalue weighted by Crippen LogP contribution is -2.15. The number of aromatic nitrogens is 2. The number of thiophene rings is 1. The van der Waals surface area contributed by atoms with E-state index in [0.717, 1.165) is 53.2 Å². The summed E-state index contributed by atoms with van der Waals surface area (Å²) in [6.45, 7) is 0. The van der Waals surface area contributed by atoms with E-state index in [1.165, 1.54) is 16.2 Å². The van der Waals surface area contributed by atoms with E-state index in [9.17, 15) is 10.1 Å². The average molecular weight is 419 g/mol. The van der Waals surface area contributed by atoms with E-state index in [1.807, 2.05) is 46.3 Å². The Kier molecular flexibility index (Phi) is 4.66. The molecule has 1 aliphatic carbocycles. The normalized spacial score (nSPS) is 13.2. The topological polar surface area (TPSA) is 70.2 Å². The number of aryl methyl sites for hydroxylation is 1. The highest BCUT2D eigenvalue weighted by Crippen LogP contribution is 2.37. The second kappa shape index (κ2) is 7.47. The van der Waals surface area contributed by atoms with Gasteiger partial charge in [-0.3, -0.25) is 9.20 Å². The highest BCUT2D eigenvalue weighted by Gasteiger charge is 2.22. The molecular formula is C22H18N4OS2. The number of hydrogen-bond acceptors (Lipinski definition) is 5. The van der Waals surface area contributed by atoms with E-state index >= 15 is 0 Å². The molecule has 4 aromatic rings. The summed E-state index contributed by atoms with van der Waals surface area (Å²) in [6, 6.07) is 12.3. The number of thiazole rings is 1. The number of benzene rings is 1. The number of anilines is 1. The first-order valence-electron chi connectivity index (χ1n) is 9.58. The van der Waals surface area contributed by atoms with Gasteiger partial charge in [-0.2, -0.15) is 5.26 Å². The number of fused-ring (bicyclic) bond motifs is 2. The van der Waals surface area contributed by atoms with E-state index in [1.54, 1.807) is 11.3 Å². The molecule has 1 amide bonds. The summed E-state index contributed by atoms with van der Waals surface area (Å²) >= 11 is 3.09. The maximum atomic E-state index is 12.7. The molecule has 144 valence electrons. The molecule has 0 saturated heterocycles. The van der Waals surface area contributed by atoms with Crippen LogP contribution in [0, 0.1) is 11.3 Å². The zero-order valence-electron chi connectivity index (χ0n) is 15.6. The Morgan fingerprint density at radius 1 is 1.24 bits per heavy atom. The maximum absolute atomic E-state index is 12.7. The molecule has 5 rings (SSSR count). The van der Waals surface area contributed by atoms with Gasteiger partial charge in [-0.25, -0.2) is 4.98 Å². The number of carbonyl (C=O) groups excluding carboxylic acids is 1. The van der Waals surface area contributed by atoms with E-state index in [4.69, 9.17) is 0 Å². The predicted molar refractivity (Wildman–Crippen MR) is 117 cm³/mol. The number of nitrogens with zero attached hydrogens (tertiary/aromatic N) is 3. The van der Waals surface area contributed by atoms with Crippen LogP contribution in [-0.2, 0) is 24.1 Å². The fourth-order valence-electron chi connectivity index (χ4n) is 3.81. The number of nitrogens with one attached hydrogen (secondary N) is 1. The van der Waals surface area contributed by atoms with Crippen LogP contribution in [0.1, 0.15) is 34.5 Å². The van der Waals surface area contributed by atoms with Crippen LogP contribution in [0.5, 0.6) is 0 Å². The van der Waals surface area contributed by atoms with Crippen molar-refractivity contribution in [2.24, 2.45) is 0 Å². The molecule has 0 atom stereocenters. The molecule has 0 radical (unpaired) electrons. The first kappa shape index (κ1) is 18.1. The molecular weight excluding hydrogens is 400 g/mol. The van der Waals surface area contributed by atoms with Gasteiger partial charge in [0, 0.05) is 27.7 Å². The van der Waals surface area contributed by atoms with E-state index in [0.29, 0.717) is 10.6 Å². The molecule has 1 aromatic carbocycles. The standard InChI is InChI=1S/C22H18N4OS2/c23-11-17-16-8-4-5-9-19(16)29-21(17)25-20(27)10-15-13-28-22-24-18(12-26(15)22)14-6-2-1-3-7-14/h1-3,6-7,12-13H,4-5,8-10H2,(H,25,27). The Balaban J connectivity index is 1.38. The number of hydrogen-bond donors (Lipinski definition) is 1. The summed E-state index contributed by atoms with van der Waals surface area (Å²) in [5.41, 5.74) is 4.65. The molecule has 0 bridgehead atoms. The lowest BCUT2D eigenvalue weighted by molar-refractivity contribution is -0.115. The van der Waals surface area contributed by atoms with Crippen LogP contribution in [-0.4, -0.2) is 15.3 Å². The molecule has 1 aliphatic rings. The molecule has 29 heavy (non-hydrogen) atoms. The monoisotopic (exact) mass is 418 g/mol. The largest absolute Gasteiger partial charge is 0.316 e. The van der Waals surface area contributed by atoms with Gasteiger partial charge in [-0.15, -0.1) is 22.7 Å². The number of carbonyl (C=O) groups is 1. The Morgan fingerprint density at radius 2 is 2.07 bits per heavy atom. The Hall–Kier alpha value is -2.95. The smallest absolute Gasteiger partial charge is 0.230 e. The highest BCUT2D eigenvalue weighted by molar-refractivity contribution is 7.16. The lowest BCUT2D eigenvalue weighted by atomic mass is 9.96. The third kappa shape index (κ3) is 3.35. The first-order chi connectivity index (χ1) is 14.2. The minimum absolute atomic E-state index is 0.102. The number of nitriles is 1. The summed E-state index contributed by atoms with van der Waals surface area (Å²) in [5.74, 6) is -0.102. The van der Waals surface area contributed by atoms with Gasteiger partial charge in [0.25, 0.3) is 0 Å². The number of imidazole rings is 1. The SMILES string of the molecule is N#Cc1c(NC(=O)Cc2csc3nc(-c4ccccc4)cn23)sc2c1CCCC2. The minimum atomic E-state index is -0.102. The van der Waals surface area contributed by atoms with Crippen molar-refractivity contribution in [3.05, 3.63) is 63.6 Å². The summed E-state index contributed by atoms with van der Waals surface area (Å²) in [4.78, 5) is 19.5. The number of amides is 1. The predicted octanol–water partition coefficient (Wildman–Crippen LogP) is 5.06.